The smallest absolute Gasteiger partial charge is 0.251 e. The second-order valence-corrected chi connectivity index (χ2v) is 10.9. The van der Waals surface area contributed by atoms with Gasteiger partial charge in [0.1, 0.15) is 11.5 Å². The van der Waals surface area contributed by atoms with E-state index < -0.39 is 0 Å². The molecule has 0 unspecified atom stereocenters. The first-order valence-electron chi connectivity index (χ1n) is 13.5. The summed E-state index contributed by atoms with van der Waals surface area (Å²) in [4.78, 5) is 12.3. The molecule has 0 bridgehead atoms. The van der Waals surface area contributed by atoms with Gasteiger partial charge in [0.05, 0.1) is 24.8 Å². The molecule has 0 radical (unpaired) electrons. The van der Waals surface area contributed by atoms with E-state index in [2.05, 4.69) is 33.0 Å². The van der Waals surface area contributed by atoms with Crippen molar-refractivity contribution in [3.8, 4) is 17.6 Å². The van der Waals surface area contributed by atoms with Crippen LogP contribution < -0.4 is 20.5 Å². The van der Waals surface area contributed by atoms with Crippen LogP contribution >= 0.6 is 0 Å². The Morgan fingerprint density at radius 3 is 1.69 bits per heavy atom. The van der Waals surface area contributed by atoms with Crippen LogP contribution in [0.1, 0.15) is 75.0 Å². The lowest BCUT2D eigenvalue weighted by molar-refractivity contribution is 0.0815. The van der Waals surface area contributed by atoms with E-state index in [4.69, 9.17) is 20.5 Å². The van der Waals surface area contributed by atoms with Crippen molar-refractivity contribution in [3.05, 3.63) is 95.1 Å². The van der Waals surface area contributed by atoms with Crippen LogP contribution in [0.5, 0.6) is 11.5 Å². The number of ether oxygens (including phenoxy) is 2. The standard InChI is InChI=1S/C31H37N3O3.C2H6/c1-30(2,21-36-27-13-7-24(18-33)8-14-27)20-31(3,4)22-37-28-15-9-25(10-16-28)19-34-29(35)26-11-5-23(17-32)6-12-26;1-2/h5-16H,18-22,33H2,1-4H3,(H,34,35);1-2H3. The molecule has 0 saturated heterocycles. The lowest BCUT2D eigenvalue weighted by atomic mass is 9.76. The van der Waals surface area contributed by atoms with Gasteiger partial charge in [-0.2, -0.15) is 5.26 Å². The van der Waals surface area contributed by atoms with Crippen molar-refractivity contribution in [1.29, 1.82) is 5.26 Å². The maximum atomic E-state index is 12.3. The zero-order chi connectivity index (χ0) is 28.9. The molecule has 3 N–H and O–H groups in total. The van der Waals surface area contributed by atoms with Gasteiger partial charge in [-0.15, -0.1) is 0 Å². The highest BCUT2D eigenvalue weighted by Crippen LogP contribution is 2.35. The van der Waals surface area contributed by atoms with Gasteiger partial charge in [0.25, 0.3) is 5.91 Å². The van der Waals surface area contributed by atoms with Crippen LogP contribution in [-0.2, 0) is 13.1 Å². The molecule has 0 heterocycles. The Morgan fingerprint density at radius 2 is 1.26 bits per heavy atom. The summed E-state index contributed by atoms with van der Waals surface area (Å²) in [5.41, 5.74) is 8.71. The first-order valence-corrected chi connectivity index (χ1v) is 13.5. The summed E-state index contributed by atoms with van der Waals surface area (Å²) in [5, 5.41) is 11.8. The van der Waals surface area contributed by atoms with Crippen molar-refractivity contribution in [1.82, 2.24) is 5.32 Å². The molecule has 0 aliphatic carbocycles. The summed E-state index contributed by atoms with van der Waals surface area (Å²) in [5.74, 6) is 1.47. The molecule has 3 aromatic rings. The summed E-state index contributed by atoms with van der Waals surface area (Å²) in [7, 11) is 0. The molecule has 0 saturated carbocycles. The fraction of sp³-hybridized carbons (Fsp3) is 0.394. The average Bonchev–Trinajstić information content (AvgIpc) is 2.95. The van der Waals surface area contributed by atoms with Gasteiger partial charge in [-0.25, -0.2) is 0 Å². The molecule has 0 aromatic heterocycles. The fourth-order valence-corrected chi connectivity index (χ4v) is 4.36. The monoisotopic (exact) mass is 529 g/mol. The lowest BCUT2D eigenvalue weighted by Crippen LogP contribution is -2.32. The molecule has 0 aliphatic rings. The van der Waals surface area contributed by atoms with Crippen molar-refractivity contribution in [2.45, 2.75) is 61.1 Å². The van der Waals surface area contributed by atoms with Crippen LogP contribution in [0.3, 0.4) is 0 Å². The Bertz CT molecular complexity index is 1190. The van der Waals surface area contributed by atoms with Crippen molar-refractivity contribution in [3.63, 3.8) is 0 Å². The predicted molar refractivity (Wildman–Crippen MR) is 158 cm³/mol. The number of carbonyl (C=O) groups is 1. The zero-order valence-electron chi connectivity index (χ0n) is 24.2. The number of carbonyl (C=O) groups excluding carboxylic acids is 1. The number of hydrogen-bond donors (Lipinski definition) is 2. The number of nitriles is 1. The van der Waals surface area contributed by atoms with Crippen molar-refractivity contribution in [2.24, 2.45) is 16.6 Å². The van der Waals surface area contributed by atoms with Gasteiger partial charge in [0, 0.05) is 18.7 Å². The zero-order valence-corrected chi connectivity index (χ0v) is 24.2. The third-order valence-electron chi connectivity index (χ3n) is 6.03. The normalized spacial score (nSPS) is 11.0. The number of nitrogens with two attached hydrogens (primary N) is 1. The lowest BCUT2D eigenvalue weighted by Gasteiger charge is -2.34. The minimum atomic E-state index is -0.175. The highest BCUT2D eigenvalue weighted by atomic mass is 16.5. The first-order chi connectivity index (χ1) is 18.6. The Hall–Kier alpha value is -3.82. The molecule has 39 heavy (non-hydrogen) atoms. The van der Waals surface area contributed by atoms with Gasteiger partial charge in [0.15, 0.2) is 0 Å². The summed E-state index contributed by atoms with van der Waals surface area (Å²) in [6.45, 7) is 15.0. The maximum Gasteiger partial charge on any atom is 0.251 e. The number of benzene rings is 3. The Kier molecular flexibility index (Phi) is 12.0. The molecule has 3 rings (SSSR count). The van der Waals surface area contributed by atoms with Gasteiger partial charge in [-0.05, 0) is 76.9 Å². The largest absolute Gasteiger partial charge is 0.493 e. The van der Waals surface area contributed by atoms with Gasteiger partial charge in [0.2, 0.25) is 0 Å². The number of nitrogens with one attached hydrogen (secondary N) is 1. The second kappa shape index (κ2) is 14.9. The average molecular weight is 530 g/mol. The summed E-state index contributed by atoms with van der Waals surface area (Å²) < 4.78 is 12.2. The van der Waals surface area contributed by atoms with E-state index in [-0.39, 0.29) is 16.7 Å². The Balaban J connectivity index is 0.00000260. The van der Waals surface area contributed by atoms with Gasteiger partial charge in [-0.1, -0.05) is 65.8 Å². The molecule has 6 nitrogen and oxygen atoms in total. The van der Waals surface area contributed by atoms with E-state index in [1.54, 1.807) is 24.3 Å². The maximum absolute atomic E-state index is 12.3. The van der Waals surface area contributed by atoms with E-state index in [0.29, 0.717) is 37.4 Å². The van der Waals surface area contributed by atoms with Crippen LogP contribution in [0.4, 0.5) is 0 Å². The van der Waals surface area contributed by atoms with Gasteiger partial charge >= 0.3 is 0 Å². The number of nitrogens with zero attached hydrogens (tertiary/aromatic N) is 1. The molecule has 3 aromatic carbocycles. The molecule has 0 atom stereocenters. The van der Waals surface area contributed by atoms with Crippen LogP contribution in [0.25, 0.3) is 0 Å². The highest BCUT2D eigenvalue weighted by Gasteiger charge is 2.30. The molecule has 0 spiro atoms. The molecule has 1 amide bonds. The fourth-order valence-electron chi connectivity index (χ4n) is 4.36. The Morgan fingerprint density at radius 1 is 0.795 bits per heavy atom. The summed E-state index contributed by atoms with van der Waals surface area (Å²) in [6.07, 6.45) is 0.931. The van der Waals surface area contributed by atoms with Crippen molar-refractivity contribution >= 4 is 5.91 Å². The second-order valence-electron chi connectivity index (χ2n) is 10.9. The van der Waals surface area contributed by atoms with Crippen molar-refractivity contribution < 1.29 is 14.3 Å². The van der Waals surface area contributed by atoms with Crippen LogP contribution in [0.2, 0.25) is 0 Å². The quantitative estimate of drug-likeness (QED) is 0.267. The highest BCUT2D eigenvalue weighted by molar-refractivity contribution is 5.94. The molecule has 0 fully saturated rings. The van der Waals surface area contributed by atoms with E-state index in [1.165, 1.54) is 0 Å². The molecule has 0 aliphatic heterocycles. The summed E-state index contributed by atoms with van der Waals surface area (Å²) >= 11 is 0. The third-order valence-corrected chi connectivity index (χ3v) is 6.03. The number of hydrogen-bond acceptors (Lipinski definition) is 5. The van der Waals surface area contributed by atoms with Gasteiger partial charge in [-0.3, -0.25) is 4.79 Å². The molecular weight excluding hydrogens is 486 g/mol. The van der Waals surface area contributed by atoms with Crippen LogP contribution in [0.15, 0.2) is 72.8 Å². The number of amides is 1. The number of rotatable bonds is 12. The SMILES string of the molecule is CC.CC(C)(COc1ccc(CN)cc1)CC(C)(C)COc1ccc(CNC(=O)c2ccc(C#N)cc2)cc1. The predicted octanol–water partition coefficient (Wildman–Crippen LogP) is 6.87. The van der Waals surface area contributed by atoms with Crippen molar-refractivity contribution in [2.75, 3.05) is 13.2 Å². The minimum absolute atomic E-state index is 0.0314. The third kappa shape index (κ3) is 10.8. The topological polar surface area (TPSA) is 97.4 Å². The minimum Gasteiger partial charge on any atom is -0.493 e. The Labute approximate surface area is 234 Å². The van der Waals surface area contributed by atoms with Crippen LogP contribution in [-0.4, -0.2) is 19.1 Å². The molecule has 6 heteroatoms. The molecular formula is C33H43N3O3. The van der Waals surface area contributed by atoms with Gasteiger partial charge < -0.3 is 20.5 Å². The molecule has 208 valence electrons. The first kappa shape index (κ1) is 31.4. The van der Waals surface area contributed by atoms with E-state index >= 15 is 0 Å². The summed E-state index contributed by atoms with van der Waals surface area (Å²) in [6, 6.07) is 24.3. The van der Waals surface area contributed by atoms with E-state index in [0.717, 1.165) is 29.0 Å². The van der Waals surface area contributed by atoms with Crippen LogP contribution in [0, 0.1) is 22.2 Å². The van der Waals surface area contributed by atoms with E-state index in [9.17, 15) is 4.79 Å². The van der Waals surface area contributed by atoms with E-state index in [1.807, 2.05) is 68.4 Å².